The summed E-state index contributed by atoms with van der Waals surface area (Å²) in [6.45, 7) is 2.16. The third-order valence-corrected chi connectivity index (χ3v) is 3.81. The number of nitrogens with two attached hydrogens (primary N) is 1. The molecule has 1 heterocycles. The average molecular weight is 229 g/mol. The molecule has 1 fully saturated rings. The fourth-order valence-corrected chi connectivity index (χ4v) is 2.91. The normalized spacial score (nSPS) is 17.0. The predicted octanol–water partition coefficient (Wildman–Crippen LogP) is 3.30. The zero-order valence-corrected chi connectivity index (χ0v) is 10.3. The van der Waals surface area contributed by atoms with Gasteiger partial charge >= 0.3 is 0 Å². The summed E-state index contributed by atoms with van der Waals surface area (Å²) in [5.74, 6) is 0. The first kappa shape index (κ1) is 10.6. The Morgan fingerprint density at radius 3 is 2.82 bits per heavy atom. The maximum Gasteiger partial charge on any atom is 0.0709 e. The van der Waals surface area contributed by atoms with Gasteiger partial charge in [-0.3, -0.25) is 4.68 Å². The van der Waals surface area contributed by atoms with Crippen LogP contribution in [0.3, 0.4) is 0 Å². The summed E-state index contributed by atoms with van der Waals surface area (Å²) in [6.07, 6.45) is 6.16. The molecular weight excluding hydrogens is 210 g/mol. The van der Waals surface area contributed by atoms with Crippen LogP contribution in [0, 0.1) is 0 Å². The lowest BCUT2D eigenvalue weighted by Gasteiger charge is -2.11. The fraction of sp³-hybridized carbons (Fsp3) is 0.500. The molecule has 0 atom stereocenters. The molecule has 0 saturated heterocycles. The number of hydrogen-bond donors (Lipinski definition) is 1. The molecule has 3 rings (SSSR count). The number of benzene rings is 1. The number of hydrogen-bond acceptors (Lipinski definition) is 2. The third kappa shape index (κ3) is 1.70. The molecule has 3 heteroatoms. The molecule has 0 bridgehead atoms. The summed E-state index contributed by atoms with van der Waals surface area (Å²) in [4.78, 5) is 0. The molecule has 90 valence electrons. The highest BCUT2D eigenvalue weighted by molar-refractivity contribution is 5.85. The minimum absolute atomic E-state index is 0.583. The first-order valence-electron chi connectivity index (χ1n) is 6.56. The van der Waals surface area contributed by atoms with E-state index in [1.807, 2.05) is 6.07 Å². The van der Waals surface area contributed by atoms with Gasteiger partial charge in [0.1, 0.15) is 0 Å². The highest BCUT2D eigenvalue weighted by Crippen LogP contribution is 2.33. The maximum atomic E-state index is 5.90. The van der Waals surface area contributed by atoms with E-state index in [1.54, 1.807) is 0 Å². The molecular formula is C14H19N3. The first-order valence-corrected chi connectivity index (χ1v) is 6.56. The SMILES string of the molecule is CCc1nn(C2CCCC2)c2cc(N)ccc12. The van der Waals surface area contributed by atoms with Gasteiger partial charge in [0.2, 0.25) is 0 Å². The Labute approximate surface area is 102 Å². The molecule has 0 spiro atoms. The highest BCUT2D eigenvalue weighted by atomic mass is 15.3. The largest absolute Gasteiger partial charge is 0.399 e. The fourth-order valence-electron chi connectivity index (χ4n) is 2.91. The minimum atomic E-state index is 0.583. The van der Waals surface area contributed by atoms with Crippen molar-refractivity contribution in [2.75, 3.05) is 5.73 Å². The third-order valence-electron chi connectivity index (χ3n) is 3.81. The number of aryl methyl sites for hydroxylation is 1. The summed E-state index contributed by atoms with van der Waals surface area (Å²) in [6, 6.07) is 6.74. The minimum Gasteiger partial charge on any atom is -0.399 e. The van der Waals surface area contributed by atoms with Crippen LogP contribution in [0.1, 0.15) is 44.3 Å². The summed E-state index contributed by atoms with van der Waals surface area (Å²) >= 11 is 0. The molecule has 1 aromatic heterocycles. The Kier molecular flexibility index (Phi) is 2.54. The van der Waals surface area contributed by atoms with Gasteiger partial charge in [-0.1, -0.05) is 19.8 Å². The van der Waals surface area contributed by atoms with E-state index in [9.17, 15) is 0 Å². The summed E-state index contributed by atoms with van der Waals surface area (Å²) in [5.41, 5.74) is 9.15. The van der Waals surface area contributed by atoms with Crippen LogP contribution in [0.5, 0.6) is 0 Å². The van der Waals surface area contributed by atoms with Gasteiger partial charge in [0.05, 0.1) is 17.3 Å². The molecule has 3 nitrogen and oxygen atoms in total. The van der Waals surface area contributed by atoms with E-state index in [0.29, 0.717) is 6.04 Å². The smallest absolute Gasteiger partial charge is 0.0709 e. The average Bonchev–Trinajstić information content (AvgIpc) is 2.94. The van der Waals surface area contributed by atoms with Gasteiger partial charge < -0.3 is 5.73 Å². The molecule has 0 unspecified atom stereocenters. The molecule has 1 aliphatic carbocycles. The molecule has 1 aromatic carbocycles. The van der Waals surface area contributed by atoms with Crippen LogP contribution in [-0.4, -0.2) is 9.78 Å². The Bertz CT molecular complexity index is 536. The van der Waals surface area contributed by atoms with Crippen molar-refractivity contribution >= 4 is 16.6 Å². The van der Waals surface area contributed by atoms with E-state index in [4.69, 9.17) is 10.8 Å². The number of aromatic nitrogens is 2. The predicted molar refractivity (Wildman–Crippen MR) is 71.0 cm³/mol. The van der Waals surface area contributed by atoms with E-state index in [-0.39, 0.29) is 0 Å². The Balaban J connectivity index is 2.18. The van der Waals surface area contributed by atoms with E-state index in [1.165, 1.54) is 42.3 Å². The van der Waals surface area contributed by atoms with E-state index >= 15 is 0 Å². The van der Waals surface area contributed by atoms with Gasteiger partial charge in [-0.25, -0.2) is 0 Å². The number of nitrogen functional groups attached to an aromatic ring is 1. The molecule has 1 aliphatic rings. The van der Waals surface area contributed by atoms with Gasteiger partial charge in [-0.2, -0.15) is 5.10 Å². The van der Waals surface area contributed by atoms with Crippen molar-refractivity contribution in [3.05, 3.63) is 23.9 Å². The lowest BCUT2D eigenvalue weighted by Crippen LogP contribution is -2.06. The molecule has 17 heavy (non-hydrogen) atoms. The highest BCUT2D eigenvalue weighted by Gasteiger charge is 2.21. The van der Waals surface area contributed by atoms with Crippen LogP contribution in [0.15, 0.2) is 18.2 Å². The van der Waals surface area contributed by atoms with Gasteiger partial charge in [-0.15, -0.1) is 0 Å². The number of nitrogens with zero attached hydrogens (tertiary/aromatic N) is 2. The zero-order chi connectivity index (χ0) is 11.8. The van der Waals surface area contributed by atoms with Crippen LogP contribution < -0.4 is 5.73 Å². The van der Waals surface area contributed by atoms with Crippen molar-refractivity contribution in [3.63, 3.8) is 0 Å². The van der Waals surface area contributed by atoms with Crippen molar-refractivity contribution in [3.8, 4) is 0 Å². The lowest BCUT2D eigenvalue weighted by atomic mass is 10.1. The topological polar surface area (TPSA) is 43.8 Å². The van der Waals surface area contributed by atoms with Crippen LogP contribution in [-0.2, 0) is 6.42 Å². The second-order valence-electron chi connectivity index (χ2n) is 4.96. The maximum absolute atomic E-state index is 5.90. The van der Waals surface area contributed by atoms with Gasteiger partial charge in [-0.05, 0) is 37.5 Å². The molecule has 1 saturated carbocycles. The first-order chi connectivity index (χ1) is 8.29. The number of fused-ring (bicyclic) bond motifs is 1. The summed E-state index contributed by atoms with van der Waals surface area (Å²) in [7, 11) is 0. The second kappa shape index (κ2) is 4.06. The molecule has 2 aromatic rings. The lowest BCUT2D eigenvalue weighted by molar-refractivity contribution is 0.478. The van der Waals surface area contributed by atoms with Crippen molar-refractivity contribution in [1.29, 1.82) is 0 Å². The van der Waals surface area contributed by atoms with E-state index < -0.39 is 0 Å². The van der Waals surface area contributed by atoms with Gasteiger partial charge in [0, 0.05) is 11.1 Å². The zero-order valence-electron chi connectivity index (χ0n) is 10.3. The van der Waals surface area contributed by atoms with E-state index in [0.717, 1.165) is 12.1 Å². The summed E-state index contributed by atoms with van der Waals surface area (Å²) in [5, 5.41) is 6.06. The van der Waals surface area contributed by atoms with Crippen LogP contribution >= 0.6 is 0 Å². The Morgan fingerprint density at radius 1 is 1.35 bits per heavy atom. The molecule has 2 N–H and O–H groups in total. The second-order valence-corrected chi connectivity index (χ2v) is 4.96. The molecule has 0 amide bonds. The van der Waals surface area contributed by atoms with Gasteiger partial charge in [0.15, 0.2) is 0 Å². The van der Waals surface area contributed by atoms with Crippen molar-refractivity contribution < 1.29 is 0 Å². The van der Waals surface area contributed by atoms with Crippen molar-refractivity contribution in [1.82, 2.24) is 9.78 Å². The van der Waals surface area contributed by atoms with Crippen LogP contribution in [0.2, 0.25) is 0 Å². The van der Waals surface area contributed by atoms with Crippen LogP contribution in [0.4, 0.5) is 5.69 Å². The van der Waals surface area contributed by atoms with Crippen LogP contribution in [0.25, 0.3) is 10.9 Å². The van der Waals surface area contributed by atoms with Gasteiger partial charge in [0.25, 0.3) is 0 Å². The number of rotatable bonds is 2. The number of anilines is 1. The molecule has 0 radical (unpaired) electrons. The van der Waals surface area contributed by atoms with Crippen molar-refractivity contribution in [2.24, 2.45) is 0 Å². The standard InChI is InChI=1S/C14H19N3/c1-2-13-12-8-7-10(15)9-14(12)17(16-13)11-5-3-4-6-11/h7-9,11H,2-6,15H2,1H3. The van der Waals surface area contributed by atoms with E-state index in [2.05, 4.69) is 23.7 Å². The summed E-state index contributed by atoms with van der Waals surface area (Å²) < 4.78 is 2.22. The quantitative estimate of drug-likeness (QED) is 0.803. The van der Waals surface area contributed by atoms with Crippen molar-refractivity contribution in [2.45, 2.75) is 45.1 Å². The molecule has 0 aliphatic heterocycles. The Hall–Kier alpha value is -1.51. The monoisotopic (exact) mass is 229 g/mol. The Morgan fingerprint density at radius 2 is 2.12 bits per heavy atom.